The summed E-state index contributed by atoms with van der Waals surface area (Å²) in [5, 5.41) is 3.09. The highest BCUT2D eigenvalue weighted by atomic mass is 35.5. The van der Waals surface area contributed by atoms with E-state index in [4.69, 9.17) is 11.6 Å². The van der Waals surface area contributed by atoms with Crippen LogP contribution < -0.4 is 10.1 Å². The number of anilines is 1. The van der Waals surface area contributed by atoms with E-state index >= 15 is 0 Å². The molecule has 3 aromatic rings. The largest absolute Gasteiger partial charge is 0.573 e. The van der Waals surface area contributed by atoms with Crippen LogP contribution in [0.15, 0.2) is 66.7 Å². The van der Waals surface area contributed by atoms with Crippen LogP contribution in [-0.4, -0.2) is 36.9 Å². The molecule has 0 heterocycles. The van der Waals surface area contributed by atoms with Crippen LogP contribution in [0.3, 0.4) is 0 Å². The lowest BCUT2D eigenvalue weighted by Gasteiger charge is -2.25. The molecule has 0 aliphatic rings. The fourth-order valence-corrected chi connectivity index (χ4v) is 3.87. The zero-order chi connectivity index (χ0) is 29.0. The van der Waals surface area contributed by atoms with E-state index in [1.165, 1.54) is 23.1 Å². The highest BCUT2D eigenvalue weighted by Gasteiger charge is 2.58. The number of ether oxygens (including phenoxy) is 1. The maximum Gasteiger partial charge on any atom is 0.573 e. The van der Waals surface area contributed by atoms with Crippen molar-refractivity contribution in [2.75, 3.05) is 18.9 Å². The van der Waals surface area contributed by atoms with Crippen molar-refractivity contribution in [2.24, 2.45) is 0 Å². The third-order valence-corrected chi connectivity index (χ3v) is 5.85. The first-order valence-corrected chi connectivity index (χ1v) is 11.6. The number of amides is 1. The Kier molecular flexibility index (Phi) is 8.99. The molecule has 0 unspecified atom stereocenters. The second kappa shape index (κ2) is 11.7. The minimum atomic E-state index is -5.78. The summed E-state index contributed by atoms with van der Waals surface area (Å²) < 4.78 is 107. The molecule has 1 amide bonds. The summed E-state index contributed by atoms with van der Waals surface area (Å²) in [6.45, 7) is -0.254. The summed E-state index contributed by atoms with van der Waals surface area (Å²) in [7, 11) is 1.57. The van der Waals surface area contributed by atoms with Crippen molar-refractivity contribution in [1.82, 2.24) is 4.90 Å². The molecule has 0 spiro atoms. The Balaban J connectivity index is 1.89. The average Bonchev–Trinajstić information content (AvgIpc) is 2.85. The summed E-state index contributed by atoms with van der Waals surface area (Å²) in [6, 6.07) is 13.0. The van der Waals surface area contributed by atoms with E-state index in [-0.39, 0.29) is 35.7 Å². The van der Waals surface area contributed by atoms with Gasteiger partial charge < -0.3 is 15.0 Å². The van der Waals surface area contributed by atoms with Crippen molar-refractivity contribution in [2.45, 2.75) is 31.4 Å². The van der Waals surface area contributed by atoms with Gasteiger partial charge in [0.25, 0.3) is 5.91 Å². The van der Waals surface area contributed by atoms with Gasteiger partial charge in [0.2, 0.25) is 0 Å². The van der Waals surface area contributed by atoms with Crippen LogP contribution in [0.5, 0.6) is 5.75 Å². The molecule has 39 heavy (non-hydrogen) atoms. The second-order valence-electron chi connectivity index (χ2n) is 8.38. The third-order valence-electron chi connectivity index (χ3n) is 5.62. The number of carbonyl (C=O) groups is 1. The van der Waals surface area contributed by atoms with Crippen LogP contribution in [-0.2, 0) is 18.9 Å². The summed E-state index contributed by atoms with van der Waals surface area (Å²) in [5.74, 6) is -6.08. The minimum absolute atomic E-state index is 0.0512. The first kappa shape index (κ1) is 30.0. The first-order chi connectivity index (χ1) is 18.1. The highest BCUT2D eigenvalue weighted by molar-refractivity contribution is 6.31. The van der Waals surface area contributed by atoms with E-state index in [9.17, 15) is 39.9 Å². The van der Waals surface area contributed by atoms with Crippen LogP contribution in [0.2, 0.25) is 5.02 Å². The van der Waals surface area contributed by atoms with E-state index in [2.05, 4.69) is 10.1 Å². The summed E-state index contributed by atoms with van der Waals surface area (Å²) in [4.78, 5) is 14.8. The van der Waals surface area contributed by atoms with Crippen LogP contribution in [0.25, 0.3) is 0 Å². The average molecular weight is 581 g/mol. The Morgan fingerprint density at radius 2 is 1.56 bits per heavy atom. The van der Waals surface area contributed by atoms with Gasteiger partial charge in [-0.15, -0.1) is 13.2 Å². The van der Waals surface area contributed by atoms with Crippen molar-refractivity contribution < 1.29 is 44.7 Å². The number of hydrogen-bond donors (Lipinski definition) is 1. The topological polar surface area (TPSA) is 41.6 Å². The van der Waals surface area contributed by atoms with E-state index in [0.29, 0.717) is 23.4 Å². The van der Waals surface area contributed by atoms with Crippen LogP contribution in [0.1, 0.15) is 27.0 Å². The standard InChI is InChI=1S/C26H21ClF8N2O2/c1-36-22-10-9-19(27)14-21(22)23(38)37(12-11-16-3-2-4-20(13-16)39-26(33,34)35)15-17-5-7-18(8-6-17)24(28,29)25(30,31)32/h2-10,13-14,36H,11-12,15H2,1H3. The van der Waals surface area contributed by atoms with Crippen molar-refractivity contribution in [1.29, 1.82) is 0 Å². The molecule has 3 aromatic carbocycles. The molecule has 0 saturated heterocycles. The summed E-state index contributed by atoms with van der Waals surface area (Å²) >= 11 is 6.06. The number of benzene rings is 3. The molecule has 0 atom stereocenters. The van der Waals surface area contributed by atoms with Gasteiger partial charge in [-0.2, -0.15) is 22.0 Å². The fourth-order valence-electron chi connectivity index (χ4n) is 3.70. The van der Waals surface area contributed by atoms with Gasteiger partial charge in [0.15, 0.2) is 0 Å². The summed E-state index contributed by atoms with van der Waals surface area (Å²) in [6.07, 6.45) is -10.6. The molecule has 0 fully saturated rings. The van der Waals surface area contributed by atoms with E-state index in [1.54, 1.807) is 19.2 Å². The molecule has 0 radical (unpaired) electrons. The molecule has 0 aromatic heterocycles. The van der Waals surface area contributed by atoms with Gasteiger partial charge in [0, 0.05) is 36.4 Å². The van der Waals surface area contributed by atoms with Gasteiger partial charge in [-0.25, -0.2) is 0 Å². The lowest BCUT2D eigenvalue weighted by atomic mass is 10.0. The smallest absolute Gasteiger partial charge is 0.406 e. The van der Waals surface area contributed by atoms with E-state index in [1.807, 2.05) is 0 Å². The number of halogens is 9. The number of carbonyl (C=O) groups excluding carboxylic acids is 1. The molecule has 13 heteroatoms. The second-order valence-corrected chi connectivity index (χ2v) is 8.82. The molecule has 210 valence electrons. The Morgan fingerprint density at radius 1 is 0.897 bits per heavy atom. The summed E-state index contributed by atoms with van der Waals surface area (Å²) in [5.41, 5.74) is -0.0538. The Hall–Kier alpha value is -3.54. The highest BCUT2D eigenvalue weighted by Crippen LogP contribution is 2.43. The number of nitrogens with one attached hydrogen (secondary N) is 1. The molecule has 1 N–H and O–H groups in total. The maximum atomic E-state index is 13.7. The molecule has 3 rings (SSSR count). The first-order valence-electron chi connectivity index (χ1n) is 11.3. The molecule has 4 nitrogen and oxygen atoms in total. The van der Waals surface area contributed by atoms with Gasteiger partial charge in [-0.3, -0.25) is 4.79 Å². The third kappa shape index (κ3) is 7.75. The Labute approximate surface area is 223 Å². The van der Waals surface area contributed by atoms with Gasteiger partial charge in [0.05, 0.1) is 5.56 Å². The van der Waals surface area contributed by atoms with Crippen LogP contribution >= 0.6 is 11.6 Å². The van der Waals surface area contributed by atoms with Crippen LogP contribution in [0, 0.1) is 0 Å². The maximum absolute atomic E-state index is 13.7. The number of rotatable bonds is 9. The van der Waals surface area contributed by atoms with E-state index < -0.39 is 35.7 Å². The van der Waals surface area contributed by atoms with E-state index in [0.717, 1.165) is 24.3 Å². The van der Waals surface area contributed by atoms with Gasteiger partial charge in [-0.05, 0) is 47.9 Å². The fraction of sp³-hybridized carbons (Fsp3) is 0.269. The number of hydrogen-bond acceptors (Lipinski definition) is 3. The Morgan fingerprint density at radius 3 is 2.15 bits per heavy atom. The molecular formula is C26H21ClF8N2O2. The Bertz CT molecular complexity index is 1290. The van der Waals surface area contributed by atoms with Crippen molar-refractivity contribution >= 4 is 23.2 Å². The minimum Gasteiger partial charge on any atom is -0.406 e. The van der Waals surface area contributed by atoms with Gasteiger partial charge in [0.1, 0.15) is 5.75 Å². The SMILES string of the molecule is CNc1ccc(Cl)cc1C(=O)N(CCc1cccc(OC(F)(F)F)c1)Cc1ccc(C(F)(F)C(F)(F)F)cc1. The number of nitrogens with zero attached hydrogens (tertiary/aromatic N) is 1. The molecule has 0 bridgehead atoms. The lowest BCUT2D eigenvalue weighted by molar-refractivity contribution is -0.289. The van der Waals surface area contributed by atoms with Gasteiger partial charge >= 0.3 is 18.5 Å². The van der Waals surface area contributed by atoms with Crippen molar-refractivity contribution in [3.63, 3.8) is 0 Å². The predicted octanol–water partition coefficient (Wildman–Crippen LogP) is 7.82. The van der Waals surface area contributed by atoms with Crippen LogP contribution in [0.4, 0.5) is 40.8 Å². The normalized spacial score (nSPS) is 12.3. The molecule has 0 aliphatic carbocycles. The van der Waals surface area contributed by atoms with Gasteiger partial charge in [-0.1, -0.05) is 48.0 Å². The zero-order valence-corrected chi connectivity index (χ0v) is 20.9. The quantitative estimate of drug-likeness (QED) is 0.262. The molecule has 0 saturated carbocycles. The monoisotopic (exact) mass is 580 g/mol. The molecule has 0 aliphatic heterocycles. The zero-order valence-electron chi connectivity index (χ0n) is 20.1. The predicted molar refractivity (Wildman–Crippen MR) is 129 cm³/mol. The lowest BCUT2D eigenvalue weighted by Crippen LogP contribution is -2.34. The molecular weight excluding hydrogens is 560 g/mol. The van der Waals surface area contributed by atoms with Crippen molar-refractivity contribution in [3.05, 3.63) is 94.0 Å². The van der Waals surface area contributed by atoms with Crippen molar-refractivity contribution in [3.8, 4) is 5.75 Å². The number of alkyl halides is 8.